The van der Waals surface area contributed by atoms with Crippen LogP contribution in [0.4, 0.5) is 0 Å². The van der Waals surface area contributed by atoms with Crippen molar-refractivity contribution in [3.63, 3.8) is 0 Å². The van der Waals surface area contributed by atoms with E-state index in [1.54, 1.807) is 0 Å². The van der Waals surface area contributed by atoms with Gasteiger partial charge in [0.25, 0.3) is 0 Å². The summed E-state index contributed by atoms with van der Waals surface area (Å²) in [6.45, 7) is 6.57. The lowest BCUT2D eigenvalue weighted by molar-refractivity contribution is -0.167. The first-order chi connectivity index (χ1) is 35.5. The van der Waals surface area contributed by atoms with Crippen molar-refractivity contribution in [2.75, 3.05) is 13.2 Å². The minimum absolute atomic E-state index is 0.0760. The Balaban J connectivity index is 4.36. The number of allylic oxidation sites excluding steroid dienone is 8. The molecule has 1 atom stereocenters. The highest BCUT2D eigenvalue weighted by Gasteiger charge is 2.19. The molecule has 0 aromatic rings. The van der Waals surface area contributed by atoms with Gasteiger partial charge in [-0.3, -0.25) is 14.4 Å². The van der Waals surface area contributed by atoms with Gasteiger partial charge < -0.3 is 14.2 Å². The molecule has 0 amide bonds. The molecule has 420 valence electrons. The molecule has 0 radical (unpaired) electrons. The molecule has 0 N–H and O–H groups in total. The Hall–Kier alpha value is -2.63. The smallest absolute Gasteiger partial charge is 0.306 e. The monoisotopic (exact) mass is 1010 g/mol. The van der Waals surface area contributed by atoms with Crippen LogP contribution in [-0.4, -0.2) is 37.2 Å². The van der Waals surface area contributed by atoms with Gasteiger partial charge in [-0.25, -0.2) is 0 Å². The highest BCUT2D eigenvalue weighted by atomic mass is 16.6. The van der Waals surface area contributed by atoms with Crippen molar-refractivity contribution in [1.29, 1.82) is 0 Å². The van der Waals surface area contributed by atoms with Crippen LogP contribution >= 0.6 is 0 Å². The van der Waals surface area contributed by atoms with Gasteiger partial charge in [0.05, 0.1) is 0 Å². The van der Waals surface area contributed by atoms with Crippen LogP contribution in [0.3, 0.4) is 0 Å². The predicted octanol–water partition coefficient (Wildman–Crippen LogP) is 21.4. The SMILES string of the molecule is CC/C=C\C/C=C\C/C=C\C/C=C\CCCCCCC(=O)OCC(COC(=O)CCCCCCCCCCCCCCCCCCCCC)OC(=O)CCCCCCCCCCCCCCCCCCCC. The summed E-state index contributed by atoms with van der Waals surface area (Å²) in [5.74, 6) is -0.877. The predicted molar refractivity (Wildman–Crippen MR) is 312 cm³/mol. The number of rotatable bonds is 58. The maximum atomic E-state index is 12.9. The third-order valence-corrected chi connectivity index (χ3v) is 14.1. The first-order valence-electron chi connectivity index (χ1n) is 31.6. The van der Waals surface area contributed by atoms with E-state index in [2.05, 4.69) is 69.4 Å². The quantitative estimate of drug-likeness (QED) is 0.0261. The van der Waals surface area contributed by atoms with Gasteiger partial charge in [-0.15, -0.1) is 0 Å². The van der Waals surface area contributed by atoms with Gasteiger partial charge in [-0.05, 0) is 57.8 Å². The van der Waals surface area contributed by atoms with Crippen molar-refractivity contribution in [3.8, 4) is 0 Å². The summed E-state index contributed by atoms with van der Waals surface area (Å²) in [6.07, 6.45) is 75.4. The van der Waals surface area contributed by atoms with E-state index in [4.69, 9.17) is 14.2 Å². The molecule has 0 aliphatic carbocycles. The van der Waals surface area contributed by atoms with Crippen LogP contribution in [0, 0.1) is 0 Å². The van der Waals surface area contributed by atoms with Crippen LogP contribution in [0.25, 0.3) is 0 Å². The zero-order valence-electron chi connectivity index (χ0n) is 48.2. The maximum absolute atomic E-state index is 12.9. The Bertz CT molecular complexity index is 1250. The average molecular weight is 1010 g/mol. The molecule has 0 bridgehead atoms. The molecule has 0 rings (SSSR count). The van der Waals surface area contributed by atoms with Gasteiger partial charge in [0.15, 0.2) is 6.10 Å². The molecule has 0 aromatic heterocycles. The molecule has 0 spiro atoms. The van der Waals surface area contributed by atoms with Crippen LogP contribution in [0.5, 0.6) is 0 Å². The summed E-state index contributed by atoms with van der Waals surface area (Å²) >= 11 is 0. The summed E-state index contributed by atoms with van der Waals surface area (Å²) in [5, 5.41) is 0. The highest BCUT2D eigenvalue weighted by Crippen LogP contribution is 2.18. The summed E-state index contributed by atoms with van der Waals surface area (Å²) < 4.78 is 16.9. The molecule has 0 saturated heterocycles. The molecule has 0 saturated carbocycles. The maximum Gasteiger partial charge on any atom is 0.306 e. The largest absolute Gasteiger partial charge is 0.462 e. The van der Waals surface area contributed by atoms with E-state index in [0.717, 1.165) is 96.3 Å². The van der Waals surface area contributed by atoms with Crippen LogP contribution in [0.2, 0.25) is 0 Å². The third kappa shape index (κ3) is 58.3. The molecular weight excluding hydrogens is 889 g/mol. The fraction of sp³-hybridized carbons (Fsp3) is 0.833. The normalized spacial score (nSPS) is 12.3. The van der Waals surface area contributed by atoms with E-state index >= 15 is 0 Å². The second-order valence-electron chi connectivity index (χ2n) is 21.3. The first kappa shape index (κ1) is 69.4. The van der Waals surface area contributed by atoms with Crippen LogP contribution in [-0.2, 0) is 28.6 Å². The molecule has 0 heterocycles. The minimum Gasteiger partial charge on any atom is -0.462 e. The van der Waals surface area contributed by atoms with Gasteiger partial charge in [0, 0.05) is 19.3 Å². The van der Waals surface area contributed by atoms with E-state index in [9.17, 15) is 14.4 Å². The Morgan fingerprint density at radius 2 is 0.542 bits per heavy atom. The van der Waals surface area contributed by atoms with Gasteiger partial charge in [-0.1, -0.05) is 307 Å². The molecule has 6 heteroatoms. The summed E-state index contributed by atoms with van der Waals surface area (Å²) in [7, 11) is 0. The average Bonchev–Trinajstić information content (AvgIpc) is 3.38. The minimum atomic E-state index is -0.780. The lowest BCUT2D eigenvalue weighted by Gasteiger charge is -2.18. The number of unbranched alkanes of at least 4 members (excludes halogenated alkanes) is 39. The van der Waals surface area contributed by atoms with Gasteiger partial charge in [0.2, 0.25) is 0 Å². The van der Waals surface area contributed by atoms with Crippen LogP contribution in [0.15, 0.2) is 48.6 Å². The number of hydrogen-bond donors (Lipinski definition) is 0. The Kier molecular flexibility index (Phi) is 58.7. The molecule has 0 aliphatic rings. The topological polar surface area (TPSA) is 78.9 Å². The molecule has 1 unspecified atom stereocenters. The summed E-state index contributed by atoms with van der Waals surface area (Å²) in [6, 6.07) is 0. The van der Waals surface area contributed by atoms with Crippen molar-refractivity contribution in [1.82, 2.24) is 0 Å². The van der Waals surface area contributed by atoms with Gasteiger partial charge in [0.1, 0.15) is 13.2 Å². The summed E-state index contributed by atoms with van der Waals surface area (Å²) in [5.41, 5.74) is 0. The van der Waals surface area contributed by atoms with Crippen molar-refractivity contribution in [2.45, 2.75) is 341 Å². The van der Waals surface area contributed by atoms with Crippen molar-refractivity contribution >= 4 is 17.9 Å². The zero-order chi connectivity index (χ0) is 52.2. The van der Waals surface area contributed by atoms with Crippen LogP contribution in [0.1, 0.15) is 335 Å². The fourth-order valence-electron chi connectivity index (χ4n) is 9.38. The number of esters is 3. The Labute approximate surface area is 448 Å². The van der Waals surface area contributed by atoms with E-state index < -0.39 is 6.10 Å². The fourth-order valence-corrected chi connectivity index (χ4v) is 9.38. The Morgan fingerprint density at radius 1 is 0.292 bits per heavy atom. The number of hydrogen-bond acceptors (Lipinski definition) is 6. The Morgan fingerprint density at radius 3 is 0.847 bits per heavy atom. The standard InChI is InChI=1S/C66H120O6/c1-4-7-10-13-16-19-22-25-28-31-33-36-38-41-44-47-50-53-56-59-65(68)71-62-63(61-70-64(67)58-55-52-49-46-43-40-37-34-30-27-24-21-18-15-12-9-6-3)72-66(69)60-57-54-51-48-45-42-39-35-32-29-26-23-20-17-14-11-8-5-2/h9,12,18,21,27,30,37,40,63H,4-8,10-11,13-17,19-20,22-26,28-29,31-36,38-39,41-62H2,1-3H3/b12-9-,21-18-,30-27-,40-37-. The second kappa shape index (κ2) is 60.9. The molecule has 6 nitrogen and oxygen atoms in total. The molecule has 72 heavy (non-hydrogen) atoms. The van der Waals surface area contributed by atoms with E-state index in [1.165, 1.54) is 199 Å². The number of carbonyl (C=O) groups excluding carboxylic acids is 3. The van der Waals surface area contributed by atoms with Crippen molar-refractivity contribution in [2.24, 2.45) is 0 Å². The van der Waals surface area contributed by atoms with E-state index in [-0.39, 0.29) is 31.1 Å². The third-order valence-electron chi connectivity index (χ3n) is 14.1. The molecular formula is C66H120O6. The molecule has 0 fully saturated rings. The van der Waals surface area contributed by atoms with Crippen LogP contribution < -0.4 is 0 Å². The number of carbonyl (C=O) groups is 3. The molecule has 0 aromatic carbocycles. The highest BCUT2D eigenvalue weighted by molar-refractivity contribution is 5.71. The second-order valence-corrected chi connectivity index (χ2v) is 21.3. The van der Waals surface area contributed by atoms with Gasteiger partial charge >= 0.3 is 17.9 Å². The van der Waals surface area contributed by atoms with E-state index in [1.807, 2.05) is 0 Å². The van der Waals surface area contributed by atoms with Crippen molar-refractivity contribution < 1.29 is 28.6 Å². The van der Waals surface area contributed by atoms with Gasteiger partial charge in [-0.2, -0.15) is 0 Å². The summed E-state index contributed by atoms with van der Waals surface area (Å²) in [4.78, 5) is 38.3. The number of ether oxygens (including phenoxy) is 3. The lowest BCUT2D eigenvalue weighted by Crippen LogP contribution is -2.30. The first-order valence-corrected chi connectivity index (χ1v) is 31.6. The van der Waals surface area contributed by atoms with Crippen molar-refractivity contribution in [3.05, 3.63) is 48.6 Å². The lowest BCUT2D eigenvalue weighted by atomic mass is 10.0. The molecule has 0 aliphatic heterocycles. The van der Waals surface area contributed by atoms with E-state index in [0.29, 0.717) is 19.3 Å². The zero-order valence-corrected chi connectivity index (χ0v) is 48.2.